The Kier molecular flexibility index (Phi) is 10.1. The zero-order valence-electron chi connectivity index (χ0n) is 21.4. The summed E-state index contributed by atoms with van der Waals surface area (Å²) in [5.74, 6) is 0. The zero-order valence-corrected chi connectivity index (χ0v) is 25.0. The van der Waals surface area contributed by atoms with E-state index < -0.39 is 33.5 Å². The molecular formula is C30H35O3P3S. The molecule has 0 aromatic heterocycles. The average molecular weight is 569 g/mol. The SMILES string of the molecule is C[PH](CCP(c1ccccc1)c1ccccc1)(CCP(c1ccccc1)c1ccccc1)OS(C)(=O)=O. The van der Waals surface area contributed by atoms with Crippen LogP contribution < -0.4 is 21.2 Å². The first kappa shape index (κ1) is 28.1. The third-order valence-electron chi connectivity index (χ3n) is 6.35. The fourth-order valence-electron chi connectivity index (χ4n) is 4.52. The number of hydrogen-bond acceptors (Lipinski definition) is 3. The molecule has 3 nitrogen and oxygen atoms in total. The first-order valence-electron chi connectivity index (χ1n) is 12.5. The second-order valence-electron chi connectivity index (χ2n) is 9.38. The molecule has 4 aromatic rings. The summed E-state index contributed by atoms with van der Waals surface area (Å²) in [4.78, 5) is 0. The summed E-state index contributed by atoms with van der Waals surface area (Å²) in [6.45, 7) is 2.11. The number of hydrogen-bond donors (Lipinski definition) is 0. The van der Waals surface area contributed by atoms with Gasteiger partial charge in [-0.25, -0.2) is 0 Å². The van der Waals surface area contributed by atoms with Gasteiger partial charge in [-0.15, -0.1) is 0 Å². The molecule has 0 fully saturated rings. The van der Waals surface area contributed by atoms with Crippen LogP contribution in [0.5, 0.6) is 0 Å². The van der Waals surface area contributed by atoms with Gasteiger partial charge in [0.2, 0.25) is 0 Å². The van der Waals surface area contributed by atoms with Crippen LogP contribution in [-0.4, -0.2) is 46.0 Å². The van der Waals surface area contributed by atoms with Crippen molar-refractivity contribution in [1.82, 2.24) is 0 Å². The molecule has 0 aliphatic rings. The maximum atomic E-state index is 12.4. The van der Waals surface area contributed by atoms with E-state index in [1.165, 1.54) is 27.5 Å². The van der Waals surface area contributed by atoms with Crippen molar-refractivity contribution in [2.24, 2.45) is 0 Å². The molecule has 37 heavy (non-hydrogen) atoms. The molecule has 0 spiro atoms. The standard InChI is InChI=1S/C30H35O3P3S/c1-36(33-37(2,31)32,25-23-34(27-15-7-3-8-16-27)28-17-9-4-10-18-28)26-24-35(29-19-11-5-12-20-29)30-21-13-6-14-22-30/h3-22,36H,23-26H2,1-2H3. The molecule has 0 aliphatic carbocycles. The molecule has 0 heterocycles. The Labute approximate surface area is 225 Å². The van der Waals surface area contributed by atoms with Crippen molar-refractivity contribution >= 4 is 54.7 Å². The van der Waals surface area contributed by atoms with Crippen LogP contribution in [0.1, 0.15) is 0 Å². The Morgan fingerprint density at radius 1 is 0.568 bits per heavy atom. The predicted molar refractivity (Wildman–Crippen MR) is 168 cm³/mol. The molecule has 0 saturated heterocycles. The topological polar surface area (TPSA) is 43.4 Å². The molecule has 0 bridgehead atoms. The van der Waals surface area contributed by atoms with E-state index in [-0.39, 0.29) is 0 Å². The maximum absolute atomic E-state index is 12.4. The summed E-state index contributed by atoms with van der Waals surface area (Å²) in [6, 6.07) is 42.4. The molecule has 0 saturated carbocycles. The van der Waals surface area contributed by atoms with E-state index in [1.54, 1.807) is 0 Å². The molecular weight excluding hydrogens is 533 g/mol. The van der Waals surface area contributed by atoms with Crippen LogP contribution in [0.3, 0.4) is 0 Å². The third kappa shape index (κ3) is 8.54. The van der Waals surface area contributed by atoms with Crippen molar-refractivity contribution < 1.29 is 12.4 Å². The second kappa shape index (κ2) is 13.2. The van der Waals surface area contributed by atoms with Crippen LogP contribution in [0.2, 0.25) is 0 Å². The van der Waals surface area contributed by atoms with Crippen molar-refractivity contribution in [3.8, 4) is 0 Å². The van der Waals surface area contributed by atoms with Gasteiger partial charge in [0.1, 0.15) is 0 Å². The predicted octanol–water partition coefficient (Wildman–Crippen LogP) is 5.52. The van der Waals surface area contributed by atoms with Gasteiger partial charge in [-0.2, -0.15) is 0 Å². The monoisotopic (exact) mass is 568 g/mol. The molecule has 0 atom stereocenters. The summed E-state index contributed by atoms with van der Waals surface area (Å²) in [6.07, 6.45) is 4.61. The molecule has 194 valence electrons. The Balaban J connectivity index is 1.59. The van der Waals surface area contributed by atoms with Crippen molar-refractivity contribution in [1.29, 1.82) is 0 Å². The summed E-state index contributed by atoms with van der Waals surface area (Å²) >= 11 is 0. The van der Waals surface area contributed by atoms with Crippen molar-refractivity contribution in [3.63, 3.8) is 0 Å². The molecule has 7 heteroatoms. The summed E-state index contributed by atoms with van der Waals surface area (Å²) in [5.41, 5.74) is 0. The zero-order chi connectivity index (χ0) is 26.1. The molecule has 4 rings (SSSR count). The Bertz CT molecular complexity index is 1170. The van der Waals surface area contributed by atoms with Crippen LogP contribution in [0, 0.1) is 0 Å². The van der Waals surface area contributed by atoms with Crippen molar-refractivity contribution in [3.05, 3.63) is 121 Å². The van der Waals surface area contributed by atoms with Gasteiger partial charge in [-0.1, -0.05) is 0 Å². The van der Waals surface area contributed by atoms with E-state index in [1.807, 2.05) is 24.3 Å². The molecule has 0 unspecified atom stereocenters. The minimum atomic E-state index is -3.56. The van der Waals surface area contributed by atoms with Crippen LogP contribution in [0.25, 0.3) is 0 Å². The minimum absolute atomic E-state index is 0.605. The summed E-state index contributed by atoms with van der Waals surface area (Å²) in [5, 5.41) is 5.26. The van der Waals surface area contributed by atoms with E-state index >= 15 is 0 Å². The summed E-state index contributed by atoms with van der Waals surface area (Å²) in [7, 11) is -7.37. The van der Waals surface area contributed by atoms with E-state index in [9.17, 15) is 8.42 Å². The van der Waals surface area contributed by atoms with Gasteiger partial charge in [0.25, 0.3) is 0 Å². The fraction of sp³-hybridized carbons (Fsp3) is 0.200. The number of benzene rings is 4. The van der Waals surface area contributed by atoms with E-state index in [0.717, 1.165) is 24.6 Å². The van der Waals surface area contributed by atoms with Gasteiger partial charge < -0.3 is 0 Å². The Morgan fingerprint density at radius 3 is 1.08 bits per heavy atom. The Morgan fingerprint density at radius 2 is 0.838 bits per heavy atom. The first-order valence-corrected chi connectivity index (χ1v) is 20.2. The van der Waals surface area contributed by atoms with Crippen LogP contribution in [0.15, 0.2) is 121 Å². The fourth-order valence-corrected chi connectivity index (χ4v) is 17.7. The Hall–Kier alpha value is -1.92. The number of rotatable bonds is 12. The van der Waals surface area contributed by atoms with Gasteiger partial charge in [-0.05, 0) is 0 Å². The normalized spacial score (nSPS) is 12.6. The molecule has 0 aliphatic heterocycles. The molecule has 4 aromatic carbocycles. The quantitative estimate of drug-likeness (QED) is 0.212. The average Bonchev–Trinajstić information content (AvgIpc) is 2.90. The van der Waals surface area contributed by atoms with Gasteiger partial charge in [0.15, 0.2) is 0 Å². The van der Waals surface area contributed by atoms with E-state index in [4.69, 9.17) is 3.97 Å². The van der Waals surface area contributed by atoms with Crippen molar-refractivity contribution in [2.45, 2.75) is 0 Å². The van der Waals surface area contributed by atoms with Crippen LogP contribution in [-0.2, 0) is 14.1 Å². The third-order valence-corrected chi connectivity index (χ3v) is 17.7. The van der Waals surface area contributed by atoms with Crippen molar-refractivity contribution in [2.75, 3.05) is 37.6 Å². The van der Waals surface area contributed by atoms with Crippen LogP contribution in [0.4, 0.5) is 0 Å². The van der Waals surface area contributed by atoms with E-state index in [2.05, 4.69) is 104 Å². The van der Waals surface area contributed by atoms with Gasteiger partial charge >= 0.3 is 226 Å². The van der Waals surface area contributed by atoms with Gasteiger partial charge in [0, 0.05) is 0 Å². The molecule has 0 amide bonds. The second-order valence-corrected chi connectivity index (χ2v) is 20.0. The van der Waals surface area contributed by atoms with Gasteiger partial charge in [0.05, 0.1) is 0 Å². The summed E-state index contributed by atoms with van der Waals surface area (Å²) < 4.78 is 30.9. The molecule has 0 radical (unpaired) electrons. The van der Waals surface area contributed by atoms with E-state index in [0.29, 0.717) is 0 Å². The van der Waals surface area contributed by atoms with Crippen LogP contribution >= 0.6 is 23.3 Å². The molecule has 0 N–H and O–H groups in total. The van der Waals surface area contributed by atoms with Gasteiger partial charge in [-0.3, -0.25) is 0 Å². The first-order chi connectivity index (χ1) is 17.8.